The zero-order chi connectivity index (χ0) is 20.7. The van der Waals surface area contributed by atoms with Gasteiger partial charge in [-0.05, 0) is 31.2 Å². The molecule has 9 nitrogen and oxygen atoms in total. The third kappa shape index (κ3) is 5.87. The van der Waals surface area contributed by atoms with Gasteiger partial charge in [0.1, 0.15) is 11.9 Å². The maximum atomic E-state index is 13.1. The summed E-state index contributed by atoms with van der Waals surface area (Å²) >= 11 is 0. The van der Waals surface area contributed by atoms with Crippen molar-refractivity contribution in [2.75, 3.05) is 11.9 Å². The number of nitro benzene ring substituents is 1. The number of nitro groups is 1. The van der Waals surface area contributed by atoms with Gasteiger partial charge in [0, 0.05) is 23.4 Å². The molecular weight excluding hydrogens is 373 g/mol. The zero-order valence-electron chi connectivity index (χ0n) is 14.7. The van der Waals surface area contributed by atoms with Crippen LogP contribution in [-0.2, 0) is 14.3 Å². The number of anilines is 1. The lowest BCUT2D eigenvalue weighted by Crippen LogP contribution is -2.40. The summed E-state index contributed by atoms with van der Waals surface area (Å²) in [5.74, 6) is -2.81. The highest BCUT2D eigenvalue weighted by atomic mass is 19.1. The van der Waals surface area contributed by atoms with Gasteiger partial charge in [-0.1, -0.05) is 12.1 Å². The van der Waals surface area contributed by atoms with E-state index in [1.165, 1.54) is 43.3 Å². The van der Waals surface area contributed by atoms with Crippen LogP contribution in [0.2, 0.25) is 0 Å². The standard InChI is InChI=1S/C18H16FN3O6/c1-11(20-17(24)12-4-2-7-15(8-12)22(26)27)18(25)28-10-16(23)21-14-6-3-5-13(19)9-14/h2-9,11H,10H2,1H3,(H,20,24)(H,21,23). The molecule has 0 bridgehead atoms. The predicted octanol–water partition coefficient (Wildman–Crippen LogP) is 2.03. The molecule has 0 aliphatic rings. The highest BCUT2D eigenvalue weighted by molar-refractivity contribution is 5.97. The van der Waals surface area contributed by atoms with Gasteiger partial charge >= 0.3 is 5.97 Å². The third-order valence-electron chi connectivity index (χ3n) is 3.47. The topological polar surface area (TPSA) is 128 Å². The van der Waals surface area contributed by atoms with Gasteiger partial charge in [-0.2, -0.15) is 0 Å². The van der Waals surface area contributed by atoms with Crippen molar-refractivity contribution >= 4 is 29.2 Å². The van der Waals surface area contributed by atoms with Gasteiger partial charge in [-0.3, -0.25) is 19.7 Å². The Morgan fingerprint density at radius 3 is 2.57 bits per heavy atom. The second kappa shape index (κ2) is 9.21. The lowest BCUT2D eigenvalue weighted by atomic mass is 10.2. The fourth-order valence-corrected chi connectivity index (χ4v) is 2.12. The van der Waals surface area contributed by atoms with E-state index in [1.54, 1.807) is 0 Å². The number of carbonyl (C=O) groups excluding carboxylic acids is 3. The second-order valence-electron chi connectivity index (χ2n) is 5.67. The fraction of sp³-hybridized carbons (Fsp3) is 0.167. The first-order valence-corrected chi connectivity index (χ1v) is 8.03. The van der Waals surface area contributed by atoms with Gasteiger partial charge in [0.25, 0.3) is 17.5 Å². The molecule has 146 valence electrons. The molecular formula is C18H16FN3O6. The van der Waals surface area contributed by atoms with Crippen molar-refractivity contribution in [1.82, 2.24) is 5.32 Å². The van der Waals surface area contributed by atoms with Crippen molar-refractivity contribution in [3.05, 3.63) is 70.0 Å². The first-order valence-electron chi connectivity index (χ1n) is 8.03. The Hall–Kier alpha value is -3.82. The van der Waals surface area contributed by atoms with Crippen molar-refractivity contribution in [1.29, 1.82) is 0 Å². The van der Waals surface area contributed by atoms with Crippen molar-refractivity contribution in [2.24, 2.45) is 0 Å². The van der Waals surface area contributed by atoms with Crippen molar-refractivity contribution < 1.29 is 28.4 Å². The van der Waals surface area contributed by atoms with Crippen molar-refractivity contribution in [3.8, 4) is 0 Å². The zero-order valence-corrected chi connectivity index (χ0v) is 14.7. The minimum absolute atomic E-state index is 0.00213. The summed E-state index contributed by atoms with van der Waals surface area (Å²) in [7, 11) is 0. The summed E-state index contributed by atoms with van der Waals surface area (Å²) in [6.07, 6.45) is 0. The van der Waals surface area contributed by atoms with Crippen molar-refractivity contribution in [2.45, 2.75) is 13.0 Å². The van der Waals surface area contributed by atoms with E-state index in [4.69, 9.17) is 4.74 Å². The monoisotopic (exact) mass is 389 g/mol. The van der Waals surface area contributed by atoms with Gasteiger partial charge in [0.15, 0.2) is 6.61 Å². The molecule has 0 saturated heterocycles. The average molecular weight is 389 g/mol. The minimum atomic E-state index is -1.10. The van der Waals surface area contributed by atoms with E-state index in [9.17, 15) is 28.9 Å². The number of esters is 1. The largest absolute Gasteiger partial charge is 0.454 e. The molecule has 0 spiro atoms. The maximum Gasteiger partial charge on any atom is 0.328 e. The molecule has 0 saturated carbocycles. The van der Waals surface area contributed by atoms with Crippen molar-refractivity contribution in [3.63, 3.8) is 0 Å². The van der Waals surface area contributed by atoms with E-state index in [0.29, 0.717) is 0 Å². The van der Waals surface area contributed by atoms with E-state index >= 15 is 0 Å². The van der Waals surface area contributed by atoms with Gasteiger partial charge in [-0.15, -0.1) is 0 Å². The number of hydrogen-bond acceptors (Lipinski definition) is 6. The number of carbonyl (C=O) groups is 3. The van der Waals surface area contributed by atoms with Crippen LogP contribution in [0.5, 0.6) is 0 Å². The Labute approximate surface area is 158 Å². The molecule has 10 heteroatoms. The molecule has 0 aliphatic heterocycles. The van der Waals surface area contributed by atoms with Crippen LogP contribution >= 0.6 is 0 Å². The number of nitrogens with one attached hydrogen (secondary N) is 2. The van der Waals surface area contributed by atoms with E-state index in [1.807, 2.05) is 0 Å². The normalized spacial score (nSPS) is 11.2. The van der Waals surface area contributed by atoms with Crippen LogP contribution < -0.4 is 10.6 Å². The Bertz CT molecular complexity index is 918. The number of amides is 2. The Morgan fingerprint density at radius 1 is 1.18 bits per heavy atom. The molecule has 28 heavy (non-hydrogen) atoms. The van der Waals surface area contributed by atoms with Crippen LogP contribution in [-0.4, -0.2) is 35.4 Å². The number of non-ortho nitro benzene ring substituents is 1. The van der Waals surface area contributed by atoms with Gasteiger partial charge in [-0.25, -0.2) is 9.18 Å². The van der Waals surface area contributed by atoms with Crippen LogP contribution in [0.4, 0.5) is 15.8 Å². The molecule has 0 heterocycles. The summed E-state index contributed by atoms with van der Waals surface area (Å²) in [6.45, 7) is 0.703. The molecule has 0 aromatic heterocycles. The molecule has 2 N–H and O–H groups in total. The minimum Gasteiger partial charge on any atom is -0.454 e. The molecule has 2 aromatic carbocycles. The van der Waals surface area contributed by atoms with Gasteiger partial charge < -0.3 is 15.4 Å². The summed E-state index contributed by atoms with van der Waals surface area (Å²) < 4.78 is 17.9. The molecule has 2 aromatic rings. The maximum absolute atomic E-state index is 13.1. The average Bonchev–Trinajstić information content (AvgIpc) is 2.66. The van der Waals surface area contributed by atoms with E-state index in [0.717, 1.165) is 12.1 Å². The van der Waals surface area contributed by atoms with Crippen LogP contribution in [0.3, 0.4) is 0 Å². The Morgan fingerprint density at radius 2 is 1.89 bits per heavy atom. The Balaban J connectivity index is 1.85. The SMILES string of the molecule is CC(NC(=O)c1cccc([N+](=O)[O-])c1)C(=O)OCC(=O)Nc1cccc(F)c1. The number of hydrogen-bond donors (Lipinski definition) is 2. The first-order chi connectivity index (χ1) is 13.3. The fourth-order valence-electron chi connectivity index (χ4n) is 2.12. The lowest BCUT2D eigenvalue weighted by molar-refractivity contribution is -0.384. The predicted molar refractivity (Wildman–Crippen MR) is 96.0 cm³/mol. The van der Waals surface area contributed by atoms with Gasteiger partial charge in [0.2, 0.25) is 0 Å². The van der Waals surface area contributed by atoms with Crippen LogP contribution in [0.1, 0.15) is 17.3 Å². The van der Waals surface area contributed by atoms with Crippen LogP contribution in [0.15, 0.2) is 48.5 Å². The molecule has 0 radical (unpaired) electrons. The van der Waals surface area contributed by atoms with E-state index in [2.05, 4.69) is 10.6 Å². The molecule has 2 rings (SSSR count). The summed E-state index contributed by atoms with van der Waals surface area (Å²) in [5.41, 5.74) is -0.0670. The van der Waals surface area contributed by atoms with E-state index in [-0.39, 0.29) is 16.9 Å². The second-order valence-corrected chi connectivity index (χ2v) is 5.67. The summed E-state index contributed by atoms with van der Waals surface area (Å²) in [5, 5.41) is 15.4. The van der Waals surface area contributed by atoms with E-state index < -0.39 is 41.2 Å². The summed E-state index contributed by atoms with van der Waals surface area (Å²) in [4.78, 5) is 45.8. The molecule has 0 aliphatic carbocycles. The smallest absolute Gasteiger partial charge is 0.328 e. The molecule has 1 atom stereocenters. The summed E-state index contributed by atoms with van der Waals surface area (Å²) in [6, 6.07) is 9.06. The molecule has 1 unspecified atom stereocenters. The quantitative estimate of drug-likeness (QED) is 0.424. The van der Waals surface area contributed by atoms with Crippen LogP contribution in [0, 0.1) is 15.9 Å². The Kier molecular flexibility index (Phi) is 6.74. The third-order valence-corrected chi connectivity index (χ3v) is 3.47. The molecule has 2 amide bonds. The number of ether oxygens (including phenoxy) is 1. The highest BCUT2D eigenvalue weighted by Gasteiger charge is 2.20. The number of benzene rings is 2. The number of rotatable bonds is 7. The number of halogens is 1. The first kappa shape index (κ1) is 20.5. The lowest BCUT2D eigenvalue weighted by Gasteiger charge is -2.13. The molecule has 0 fully saturated rings. The van der Waals surface area contributed by atoms with Crippen LogP contribution in [0.25, 0.3) is 0 Å². The number of nitrogens with zero attached hydrogens (tertiary/aromatic N) is 1. The van der Waals surface area contributed by atoms with Gasteiger partial charge in [0.05, 0.1) is 4.92 Å². The highest BCUT2D eigenvalue weighted by Crippen LogP contribution is 2.13.